The molecule has 1 amide bonds. The van der Waals surface area contributed by atoms with E-state index in [0.29, 0.717) is 15.7 Å². The number of amides is 1. The molecule has 0 spiro atoms. The molecule has 2 unspecified atom stereocenters. The van der Waals surface area contributed by atoms with Gasteiger partial charge < -0.3 is 5.32 Å². The maximum absolute atomic E-state index is 14.0. The number of rotatable bonds is 2. The smallest absolute Gasteiger partial charge is 0.237 e. The van der Waals surface area contributed by atoms with Crippen molar-refractivity contribution in [2.24, 2.45) is 5.41 Å². The van der Waals surface area contributed by atoms with Gasteiger partial charge in [0.05, 0.1) is 38.5 Å². The number of carbonyl (C=O) groups excluding carboxylic acids is 1. The zero-order valence-corrected chi connectivity index (χ0v) is 19.9. The summed E-state index contributed by atoms with van der Waals surface area (Å²) >= 11 is 12.5. The highest BCUT2D eigenvalue weighted by Crippen LogP contribution is 2.70. The Morgan fingerprint density at radius 1 is 0.935 bits per heavy atom. The van der Waals surface area contributed by atoms with Crippen molar-refractivity contribution in [3.05, 3.63) is 62.9 Å². The fraction of sp³-hybridized carbons (Fsp3) is 0.400. The second-order valence-electron chi connectivity index (χ2n) is 9.79. The van der Waals surface area contributed by atoms with Crippen LogP contribution in [0.1, 0.15) is 56.1 Å². The lowest BCUT2D eigenvalue weighted by Gasteiger charge is -2.39. The molecule has 1 fully saturated rings. The molecule has 1 saturated carbocycles. The summed E-state index contributed by atoms with van der Waals surface area (Å²) in [4.78, 5) is 24.1. The first-order valence-electron chi connectivity index (χ1n) is 10.6. The van der Waals surface area contributed by atoms with Gasteiger partial charge in [-0.15, -0.1) is 0 Å². The number of hydrogen-bond acceptors (Lipinski definition) is 3. The van der Waals surface area contributed by atoms with Gasteiger partial charge in [-0.2, -0.15) is 0 Å². The summed E-state index contributed by atoms with van der Waals surface area (Å²) < 4.78 is 0. The molecular weight excluding hydrogens is 429 g/mol. The number of aromatic nitrogens is 2. The minimum Gasteiger partial charge on any atom is -0.324 e. The largest absolute Gasteiger partial charge is 0.324 e. The van der Waals surface area contributed by atoms with Crippen LogP contribution >= 0.6 is 23.2 Å². The van der Waals surface area contributed by atoms with E-state index in [0.717, 1.165) is 35.3 Å². The maximum Gasteiger partial charge on any atom is 0.237 e. The number of fused-ring (bicyclic) bond motifs is 6. The molecule has 3 aromatic rings. The molecule has 5 rings (SSSR count). The summed E-state index contributed by atoms with van der Waals surface area (Å²) in [6, 6.07) is 9.26. The average molecular weight is 454 g/mol. The number of benzene rings is 2. The first kappa shape index (κ1) is 20.7. The van der Waals surface area contributed by atoms with Crippen LogP contribution in [-0.4, -0.2) is 15.9 Å². The molecule has 0 saturated heterocycles. The molecule has 6 heteroatoms. The number of aryl methyl sites for hydroxylation is 2. The van der Waals surface area contributed by atoms with Crippen molar-refractivity contribution in [3.63, 3.8) is 0 Å². The molecule has 1 aromatic heterocycles. The number of hydrogen-bond donors (Lipinski definition) is 1. The van der Waals surface area contributed by atoms with Crippen LogP contribution in [0.4, 0.5) is 5.69 Å². The Morgan fingerprint density at radius 3 is 2.19 bits per heavy atom. The predicted molar refractivity (Wildman–Crippen MR) is 126 cm³/mol. The zero-order chi connectivity index (χ0) is 22.3. The standard InChI is InChI=1S/C25H25Cl2N3O/c1-13-10-18-19(11-14(13)2)29-21-20(28-18)24(5)8-9-25(21,23(24,3)4)22(31)30-17-12-15(26)6-7-16(17)27/h6-7,10-12H,8-9H2,1-5H3,(H,30,31). The van der Waals surface area contributed by atoms with Crippen molar-refractivity contribution < 1.29 is 4.79 Å². The van der Waals surface area contributed by atoms with Crippen molar-refractivity contribution in [2.45, 2.75) is 58.3 Å². The van der Waals surface area contributed by atoms with E-state index in [9.17, 15) is 4.79 Å². The van der Waals surface area contributed by atoms with E-state index in [1.165, 1.54) is 11.1 Å². The molecule has 1 heterocycles. The molecule has 31 heavy (non-hydrogen) atoms. The summed E-state index contributed by atoms with van der Waals surface area (Å²) in [5, 5.41) is 4.05. The van der Waals surface area contributed by atoms with Crippen molar-refractivity contribution in [1.29, 1.82) is 0 Å². The Kier molecular flexibility index (Phi) is 4.30. The Hall–Kier alpha value is -2.17. The van der Waals surface area contributed by atoms with Crippen molar-refractivity contribution >= 4 is 45.8 Å². The molecule has 4 nitrogen and oxygen atoms in total. The highest BCUT2D eigenvalue weighted by Gasteiger charge is 2.73. The number of halogens is 2. The highest BCUT2D eigenvalue weighted by molar-refractivity contribution is 6.35. The lowest BCUT2D eigenvalue weighted by atomic mass is 9.63. The van der Waals surface area contributed by atoms with Crippen molar-refractivity contribution in [1.82, 2.24) is 9.97 Å². The van der Waals surface area contributed by atoms with Gasteiger partial charge in [-0.1, -0.05) is 44.0 Å². The van der Waals surface area contributed by atoms with Crippen LogP contribution < -0.4 is 5.32 Å². The molecule has 0 radical (unpaired) electrons. The first-order valence-corrected chi connectivity index (χ1v) is 11.3. The molecule has 0 aliphatic heterocycles. The van der Waals surface area contributed by atoms with E-state index in [2.05, 4.69) is 52.1 Å². The normalized spacial score (nSPS) is 25.6. The Labute approximate surface area is 192 Å². The minimum atomic E-state index is -0.789. The molecular formula is C25H25Cl2N3O. The van der Waals surface area contributed by atoms with E-state index >= 15 is 0 Å². The number of anilines is 1. The Bertz CT molecular complexity index is 1290. The third kappa shape index (κ3) is 2.52. The van der Waals surface area contributed by atoms with Crippen LogP contribution in [0.2, 0.25) is 10.0 Å². The van der Waals surface area contributed by atoms with Gasteiger partial charge in [-0.3, -0.25) is 4.79 Å². The predicted octanol–water partition coefficient (Wildman–Crippen LogP) is 6.52. The molecule has 2 aliphatic rings. The molecule has 2 bridgehead atoms. The van der Waals surface area contributed by atoms with E-state index in [1.807, 2.05) is 0 Å². The monoisotopic (exact) mass is 453 g/mol. The summed E-state index contributed by atoms with van der Waals surface area (Å²) in [6.07, 6.45) is 1.60. The molecule has 160 valence electrons. The van der Waals surface area contributed by atoms with Crippen LogP contribution in [0.25, 0.3) is 11.0 Å². The van der Waals surface area contributed by atoms with Crippen LogP contribution in [-0.2, 0) is 15.6 Å². The quantitative estimate of drug-likeness (QED) is 0.480. The molecule has 1 N–H and O–H groups in total. The summed E-state index contributed by atoms with van der Waals surface area (Å²) in [6.45, 7) is 10.7. The van der Waals surface area contributed by atoms with E-state index in [-0.39, 0.29) is 16.7 Å². The lowest BCUT2D eigenvalue weighted by molar-refractivity contribution is -0.125. The van der Waals surface area contributed by atoms with E-state index in [4.69, 9.17) is 33.2 Å². The second kappa shape index (κ2) is 6.43. The van der Waals surface area contributed by atoms with Gasteiger partial charge in [-0.25, -0.2) is 9.97 Å². The number of nitrogens with zero attached hydrogens (tertiary/aromatic N) is 2. The minimum absolute atomic E-state index is 0.0957. The SMILES string of the molecule is Cc1cc2nc3c(nc2cc1C)C1(C(=O)Nc2cc(Cl)ccc2Cl)CCC3(C)C1(C)C. The lowest BCUT2D eigenvalue weighted by Crippen LogP contribution is -2.48. The number of carbonyl (C=O) groups is 1. The number of nitrogens with one attached hydrogen (secondary N) is 1. The van der Waals surface area contributed by atoms with E-state index in [1.54, 1.807) is 18.2 Å². The Morgan fingerprint density at radius 2 is 1.55 bits per heavy atom. The molecule has 2 aromatic carbocycles. The van der Waals surface area contributed by atoms with E-state index < -0.39 is 5.41 Å². The summed E-state index contributed by atoms with van der Waals surface area (Å²) in [5.41, 5.74) is 4.97. The van der Waals surface area contributed by atoms with Gasteiger partial charge in [-0.05, 0) is 73.6 Å². The third-order valence-corrected chi connectivity index (χ3v) is 8.78. The topological polar surface area (TPSA) is 54.9 Å². The molecule has 2 aliphatic carbocycles. The third-order valence-electron chi connectivity index (χ3n) is 8.22. The Balaban J connectivity index is 1.72. The van der Waals surface area contributed by atoms with Gasteiger partial charge >= 0.3 is 0 Å². The van der Waals surface area contributed by atoms with Gasteiger partial charge in [0, 0.05) is 10.4 Å². The fourth-order valence-electron chi connectivity index (χ4n) is 5.68. The van der Waals surface area contributed by atoms with Gasteiger partial charge in [0.1, 0.15) is 0 Å². The summed E-state index contributed by atoms with van der Waals surface area (Å²) in [5.74, 6) is -0.0957. The molecule has 2 atom stereocenters. The van der Waals surface area contributed by atoms with Crippen LogP contribution in [0, 0.1) is 19.3 Å². The van der Waals surface area contributed by atoms with Gasteiger partial charge in [0.25, 0.3) is 0 Å². The maximum atomic E-state index is 14.0. The first-order chi connectivity index (χ1) is 14.5. The van der Waals surface area contributed by atoms with Crippen LogP contribution in [0.15, 0.2) is 30.3 Å². The fourth-order valence-corrected chi connectivity index (χ4v) is 6.02. The van der Waals surface area contributed by atoms with Gasteiger partial charge in [0.2, 0.25) is 5.91 Å². The van der Waals surface area contributed by atoms with Gasteiger partial charge in [0.15, 0.2) is 0 Å². The average Bonchev–Trinajstić information content (AvgIpc) is 3.00. The van der Waals surface area contributed by atoms with Crippen LogP contribution in [0.5, 0.6) is 0 Å². The highest BCUT2D eigenvalue weighted by atomic mass is 35.5. The second-order valence-corrected chi connectivity index (χ2v) is 10.6. The van der Waals surface area contributed by atoms with Crippen molar-refractivity contribution in [2.75, 3.05) is 5.32 Å². The van der Waals surface area contributed by atoms with Crippen LogP contribution in [0.3, 0.4) is 0 Å². The zero-order valence-electron chi connectivity index (χ0n) is 18.4. The van der Waals surface area contributed by atoms with Crippen molar-refractivity contribution in [3.8, 4) is 0 Å². The summed E-state index contributed by atoms with van der Waals surface area (Å²) in [7, 11) is 0.